The molecule has 0 unspecified atom stereocenters. The molecule has 0 saturated heterocycles. The van der Waals surface area contributed by atoms with Crippen LogP contribution in [0.15, 0.2) is 96.6 Å². The van der Waals surface area contributed by atoms with E-state index in [0.717, 1.165) is 16.9 Å². The molecule has 0 fully saturated rings. The molecule has 0 aliphatic heterocycles. The standard InChI is InChI=1S/C37H46O5Si/c1-9-28(2)25-35(40-27-31-20-22-32(39-8)23-21-31)36(38)42-30(4)24-29(3)26-41-43(37(5,6)7,33-16-12-10-13-17-33)34-18-14-11-15-19-34/h1,10-24,28,30,35H,25-27H2,2-8H3/b29-24+/t28-,30-,35-/m0/s1. The Kier molecular flexibility index (Phi) is 12.4. The molecule has 0 N–H and O–H groups in total. The van der Waals surface area contributed by atoms with Crippen molar-refractivity contribution in [2.45, 2.75) is 71.8 Å². The Hall–Kier alpha value is -3.63. The van der Waals surface area contributed by atoms with E-state index in [1.165, 1.54) is 10.4 Å². The fourth-order valence-corrected chi connectivity index (χ4v) is 9.87. The van der Waals surface area contributed by atoms with Crippen molar-refractivity contribution in [1.29, 1.82) is 0 Å². The summed E-state index contributed by atoms with van der Waals surface area (Å²) in [4.78, 5) is 13.2. The maximum absolute atomic E-state index is 13.2. The minimum atomic E-state index is -2.68. The van der Waals surface area contributed by atoms with E-state index >= 15 is 0 Å². The number of terminal acetylenes is 1. The summed E-state index contributed by atoms with van der Waals surface area (Å²) in [5.74, 6) is 2.88. The summed E-state index contributed by atoms with van der Waals surface area (Å²) in [6, 6.07) is 28.6. The Bertz CT molecular complexity index is 1310. The predicted octanol–water partition coefficient (Wildman–Crippen LogP) is 6.69. The number of hydrogen-bond donors (Lipinski definition) is 0. The van der Waals surface area contributed by atoms with Crippen molar-refractivity contribution >= 4 is 24.7 Å². The van der Waals surface area contributed by atoms with Gasteiger partial charge in [-0.05, 0) is 65.0 Å². The van der Waals surface area contributed by atoms with E-state index < -0.39 is 26.5 Å². The highest BCUT2D eigenvalue weighted by molar-refractivity contribution is 6.99. The number of carbonyl (C=O) groups excluding carboxylic acids is 1. The number of benzene rings is 3. The first kappa shape index (κ1) is 33.9. The van der Waals surface area contributed by atoms with Crippen molar-refractivity contribution in [3.8, 4) is 18.1 Å². The molecule has 228 valence electrons. The molecule has 6 heteroatoms. The van der Waals surface area contributed by atoms with Crippen LogP contribution in [0.25, 0.3) is 0 Å². The van der Waals surface area contributed by atoms with Crippen molar-refractivity contribution in [3.05, 3.63) is 102 Å². The normalized spacial score (nSPS) is 14.3. The van der Waals surface area contributed by atoms with Crippen LogP contribution in [0.2, 0.25) is 5.04 Å². The predicted molar refractivity (Wildman–Crippen MR) is 177 cm³/mol. The van der Waals surface area contributed by atoms with Gasteiger partial charge in [0.25, 0.3) is 8.32 Å². The molecule has 3 aromatic carbocycles. The van der Waals surface area contributed by atoms with Crippen LogP contribution in [0.5, 0.6) is 5.75 Å². The van der Waals surface area contributed by atoms with E-state index in [9.17, 15) is 4.79 Å². The van der Waals surface area contributed by atoms with E-state index in [-0.39, 0.29) is 17.6 Å². The first-order valence-corrected chi connectivity index (χ1v) is 16.7. The number of rotatable bonds is 14. The molecule has 0 aliphatic rings. The maximum Gasteiger partial charge on any atom is 0.335 e. The van der Waals surface area contributed by atoms with Crippen LogP contribution in [0.4, 0.5) is 0 Å². The second-order valence-corrected chi connectivity index (χ2v) is 16.4. The number of carbonyl (C=O) groups is 1. The van der Waals surface area contributed by atoms with Gasteiger partial charge in [0.05, 0.1) is 20.3 Å². The average Bonchev–Trinajstić information content (AvgIpc) is 2.99. The van der Waals surface area contributed by atoms with Crippen LogP contribution >= 0.6 is 0 Å². The molecule has 0 aromatic heterocycles. The second kappa shape index (κ2) is 15.7. The molecular weight excluding hydrogens is 552 g/mol. The van der Waals surface area contributed by atoms with Crippen LogP contribution in [-0.2, 0) is 25.3 Å². The summed E-state index contributed by atoms with van der Waals surface area (Å²) in [5, 5.41) is 2.32. The minimum Gasteiger partial charge on any atom is -0.497 e. The van der Waals surface area contributed by atoms with Gasteiger partial charge < -0.3 is 18.6 Å². The van der Waals surface area contributed by atoms with Crippen LogP contribution < -0.4 is 15.1 Å². The molecule has 5 nitrogen and oxygen atoms in total. The third-order valence-corrected chi connectivity index (χ3v) is 12.5. The number of esters is 1. The van der Waals surface area contributed by atoms with Gasteiger partial charge in [0, 0.05) is 5.92 Å². The Balaban J connectivity index is 1.74. The zero-order valence-corrected chi connectivity index (χ0v) is 27.6. The summed E-state index contributed by atoms with van der Waals surface area (Å²) in [6.45, 7) is 13.2. The van der Waals surface area contributed by atoms with Gasteiger partial charge in [-0.15, -0.1) is 12.3 Å². The molecule has 0 radical (unpaired) electrons. The fourth-order valence-electron chi connectivity index (χ4n) is 5.27. The first-order chi connectivity index (χ1) is 20.5. The monoisotopic (exact) mass is 598 g/mol. The van der Waals surface area contributed by atoms with E-state index in [2.05, 4.69) is 75.2 Å². The van der Waals surface area contributed by atoms with E-state index in [1.807, 2.05) is 63.2 Å². The first-order valence-electron chi connectivity index (χ1n) is 14.8. The maximum atomic E-state index is 13.2. The largest absolute Gasteiger partial charge is 0.497 e. The van der Waals surface area contributed by atoms with Gasteiger partial charge in [0.1, 0.15) is 11.9 Å². The number of hydrogen-bond acceptors (Lipinski definition) is 5. The Morgan fingerprint density at radius 3 is 1.98 bits per heavy atom. The molecule has 0 aliphatic carbocycles. The lowest BCUT2D eigenvalue weighted by Crippen LogP contribution is -2.66. The lowest BCUT2D eigenvalue weighted by molar-refractivity contribution is -0.161. The van der Waals surface area contributed by atoms with Crippen molar-refractivity contribution in [2.24, 2.45) is 5.92 Å². The van der Waals surface area contributed by atoms with E-state index in [1.54, 1.807) is 7.11 Å². The lowest BCUT2D eigenvalue weighted by Gasteiger charge is -2.43. The molecule has 3 rings (SSSR count). The molecule has 0 spiro atoms. The van der Waals surface area contributed by atoms with E-state index in [4.69, 9.17) is 25.1 Å². The Labute approximate surface area is 259 Å². The van der Waals surface area contributed by atoms with Crippen LogP contribution in [0, 0.1) is 18.3 Å². The highest BCUT2D eigenvalue weighted by atomic mass is 28.4. The molecule has 0 saturated carbocycles. The molecule has 3 atom stereocenters. The van der Waals surface area contributed by atoms with Gasteiger partial charge in [0.2, 0.25) is 0 Å². The van der Waals surface area contributed by atoms with Crippen molar-refractivity contribution in [2.75, 3.05) is 13.7 Å². The summed E-state index contributed by atoms with van der Waals surface area (Å²) in [5.41, 5.74) is 1.91. The van der Waals surface area contributed by atoms with Gasteiger partial charge >= 0.3 is 5.97 Å². The third-order valence-electron chi connectivity index (χ3n) is 7.48. The van der Waals surface area contributed by atoms with Crippen molar-refractivity contribution in [3.63, 3.8) is 0 Å². The summed E-state index contributed by atoms with van der Waals surface area (Å²) in [6.07, 6.45) is 6.69. The van der Waals surface area contributed by atoms with Gasteiger partial charge in [-0.3, -0.25) is 0 Å². The smallest absolute Gasteiger partial charge is 0.335 e. The third kappa shape index (κ3) is 9.18. The highest BCUT2D eigenvalue weighted by Crippen LogP contribution is 2.37. The Morgan fingerprint density at radius 2 is 1.49 bits per heavy atom. The number of ether oxygens (including phenoxy) is 3. The average molecular weight is 599 g/mol. The van der Waals surface area contributed by atoms with Gasteiger partial charge in [-0.25, -0.2) is 4.79 Å². The van der Waals surface area contributed by atoms with Crippen LogP contribution in [0.3, 0.4) is 0 Å². The van der Waals surface area contributed by atoms with Gasteiger partial charge in [0.15, 0.2) is 6.10 Å². The molecule has 43 heavy (non-hydrogen) atoms. The summed E-state index contributed by atoms with van der Waals surface area (Å²) < 4.78 is 24.1. The molecule has 3 aromatic rings. The topological polar surface area (TPSA) is 54.0 Å². The zero-order chi connectivity index (χ0) is 31.5. The summed E-state index contributed by atoms with van der Waals surface area (Å²) >= 11 is 0. The fraction of sp³-hybridized carbons (Fsp3) is 0.378. The molecule has 0 heterocycles. The highest BCUT2D eigenvalue weighted by Gasteiger charge is 2.50. The second-order valence-electron chi connectivity index (χ2n) is 12.1. The number of methoxy groups -OCH3 is 1. The quantitative estimate of drug-likeness (QED) is 0.0895. The van der Waals surface area contributed by atoms with Gasteiger partial charge in [-0.2, -0.15) is 0 Å². The lowest BCUT2D eigenvalue weighted by atomic mass is 10.0. The summed E-state index contributed by atoms with van der Waals surface area (Å²) in [7, 11) is -1.06. The molecule has 0 bridgehead atoms. The van der Waals surface area contributed by atoms with E-state index in [0.29, 0.717) is 13.0 Å². The molecular formula is C37H46O5Si. The van der Waals surface area contributed by atoms with Gasteiger partial charge in [-0.1, -0.05) is 100 Å². The molecule has 0 amide bonds. The minimum absolute atomic E-state index is 0.129. The Morgan fingerprint density at radius 1 is 0.930 bits per heavy atom. The van der Waals surface area contributed by atoms with Crippen LogP contribution in [0.1, 0.15) is 53.5 Å². The van der Waals surface area contributed by atoms with Crippen molar-refractivity contribution in [1.82, 2.24) is 0 Å². The SMILES string of the molecule is C#C[C@H](C)C[C@H](OCc1ccc(OC)cc1)C(=O)O[C@@H](C)/C=C(\C)CO[Si](c1ccccc1)(c1ccccc1)C(C)(C)C. The van der Waals surface area contributed by atoms with Crippen molar-refractivity contribution < 1.29 is 23.4 Å². The zero-order valence-electron chi connectivity index (χ0n) is 26.6. The van der Waals surface area contributed by atoms with Crippen LogP contribution in [-0.4, -0.2) is 40.2 Å².